The zero-order valence-corrected chi connectivity index (χ0v) is 15.2. The van der Waals surface area contributed by atoms with Crippen molar-refractivity contribution in [2.75, 3.05) is 10.8 Å². The highest BCUT2D eigenvalue weighted by Crippen LogP contribution is 2.27. The third-order valence-electron chi connectivity index (χ3n) is 3.75. The van der Waals surface area contributed by atoms with Gasteiger partial charge in [-0.1, -0.05) is 12.1 Å². The van der Waals surface area contributed by atoms with Crippen molar-refractivity contribution in [3.63, 3.8) is 0 Å². The van der Waals surface area contributed by atoms with Gasteiger partial charge in [-0.15, -0.1) is 0 Å². The van der Waals surface area contributed by atoms with Gasteiger partial charge in [-0.3, -0.25) is 19.2 Å². The number of carboxylic acid groups (broad SMARTS) is 2. The van der Waals surface area contributed by atoms with Crippen LogP contribution >= 0.6 is 0 Å². The van der Waals surface area contributed by atoms with E-state index < -0.39 is 32.6 Å². The molecule has 11 heteroatoms. The number of anilines is 1. The molecule has 0 aliphatic heterocycles. The van der Waals surface area contributed by atoms with E-state index >= 15 is 0 Å². The Labute approximate surface area is 159 Å². The highest BCUT2D eigenvalue weighted by molar-refractivity contribution is 7.92. The smallest absolute Gasteiger partial charge is 0.335 e. The van der Waals surface area contributed by atoms with Crippen LogP contribution in [0.2, 0.25) is 0 Å². The first kappa shape index (κ1) is 20.8. The third kappa shape index (κ3) is 4.82. The number of sulfonamides is 1. The Morgan fingerprint density at radius 2 is 1.75 bits per heavy atom. The average molecular weight is 408 g/mol. The molecule has 0 saturated carbocycles. The average Bonchev–Trinajstić information content (AvgIpc) is 2.65. The van der Waals surface area contributed by atoms with Crippen LogP contribution in [-0.2, 0) is 14.8 Å². The summed E-state index contributed by atoms with van der Waals surface area (Å²) in [5.74, 6) is -2.38. The van der Waals surface area contributed by atoms with E-state index in [1.54, 1.807) is 0 Å². The Morgan fingerprint density at radius 3 is 2.36 bits per heavy atom. The second kappa shape index (κ2) is 8.48. The second-order valence-corrected chi connectivity index (χ2v) is 7.55. The van der Waals surface area contributed by atoms with Crippen molar-refractivity contribution in [2.45, 2.75) is 17.7 Å². The molecule has 0 heterocycles. The zero-order valence-electron chi connectivity index (χ0n) is 14.4. The topological polar surface area (TPSA) is 155 Å². The van der Waals surface area contributed by atoms with E-state index in [2.05, 4.69) is 0 Å². The van der Waals surface area contributed by atoms with Crippen molar-refractivity contribution >= 4 is 33.3 Å². The molecule has 0 fully saturated rings. The second-order valence-electron chi connectivity index (χ2n) is 5.68. The summed E-state index contributed by atoms with van der Waals surface area (Å²) in [4.78, 5) is 31.8. The maximum atomic E-state index is 13.1. The first-order valence-electron chi connectivity index (χ1n) is 7.95. The fourth-order valence-electron chi connectivity index (χ4n) is 2.44. The number of aliphatic carboxylic acids is 1. The lowest BCUT2D eigenvalue weighted by Crippen LogP contribution is -2.32. The van der Waals surface area contributed by atoms with Crippen LogP contribution in [0.15, 0.2) is 53.4 Å². The predicted octanol–water partition coefficient (Wildman–Crippen LogP) is 2.35. The van der Waals surface area contributed by atoms with Gasteiger partial charge in [0.1, 0.15) is 0 Å². The number of carboxylic acids is 2. The Balaban J connectivity index is 2.52. The monoisotopic (exact) mass is 408 g/mol. The minimum atomic E-state index is -4.31. The number of hydrogen-bond acceptors (Lipinski definition) is 6. The summed E-state index contributed by atoms with van der Waals surface area (Å²) in [6, 6.07) is 9.55. The summed E-state index contributed by atoms with van der Waals surface area (Å²) >= 11 is 0. The number of benzene rings is 2. The maximum absolute atomic E-state index is 13.1. The molecule has 2 aromatic carbocycles. The lowest BCUT2D eigenvalue weighted by Gasteiger charge is -2.24. The third-order valence-corrected chi connectivity index (χ3v) is 5.57. The molecule has 0 spiro atoms. The van der Waals surface area contributed by atoms with E-state index in [9.17, 15) is 28.1 Å². The van der Waals surface area contributed by atoms with Crippen LogP contribution in [0.5, 0.6) is 0 Å². The van der Waals surface area contributed by atoms with Crippen molar-refractivity contribution in [2.24, 2.45) is 0 Å². The molecule has 148 valence electrons. The Kier molecular flexibility index (Phi) is 6.31. The van der Waals surface area contributed by atoms with Crippen LogP contribution < -0.4 is 4.31 Å². The van der Waals surface area contributed by atoms with Crippen molar-refractivity contribution in [3.05, 3.63) is 64.2 Å². The highest BCUT2D eigenvalue weighted by atomic mass is 32.2. The van der Waals surface area contributed by atoms with Crippen LogP contribution in [-0.4, -0.2) is 42.0 Å². The van der Waals surface area contributed by atoms with Gasteiger partial charge in [0.25, 0.3) is 15.7 Å². The normalized spacial score (nSPS) is 11.0. The minimum absolute atomic E-state index is 0.0109. The summed E-state index contributed by atoms with van der Waals surface area (Å²) in [5.41, 5.74) is -0.572. The van der Waals surface area contributed by atoms with Gasteiger partial charge >= 0.3 is 11.9 Å². The van der Waals surface area contributed by atoms with Crippen molar-refractivity contribution < 1.29 is 33.1 Å². The van der Waals surface area contributed by atoms with Crippen LogP contribution in [0.25, 0.3) is 0 Å². The molecule has 0 unspecified atom stereocenters. The molecule has 2 N–H and O–H groups in total. The zero-order chi connectivity index (χ0) is 20.9. The molecule has 2 aromatic rings. The number of carbonyl (C=O) groups is 2. The summed E-state index contributed by atoms with van der Waals surface area (Å²) in [7, 11) is -4.31. The van der Waals surface area contributed by atoms with Gasteiger partial charge in [0.15, 0.2) is 0 Å². The van der Waals surface area contributed by atoms with Gasteiger partial charge in [0.2, 0.25) is 0 Å². The fourth-order valence-corrected chi connectivity index (χ4v) is 3.98. The van der Waals surface area contributed by atoms with Crippen molar-refractivity contribution in [3.8, 4) is 0 Å². The molecule has 0 saturated heterocycles. The Morgan fingerprint density at radius 1 is 1.07 bits per heavy atom. The van der Waals surface area contributed by atoms with E-state index in [1.165, 1.54) is 30.3 Å². The van der Waals surface area contributed by atoms with E-state index in [4.69, 9.17) is 10.2 Å². The highest BCUT2D eigenvalue weighted by Gasteiger charge is 2.27. The molecule has 0 aromatic heterocycles. The largest absolute Gasteiger partial charge is 0.481 e. The Bertz CT molecular complexity index is 1020. The molecular formula is C17H16N2O8S. The van der Waals surface area contributed by atoms with E-state index in [0.29, 0.717) is 0 Å². The summed E-state index contributed by atoms with van der Waals surface area (Å²) in [5, 5.41) is 28.9. The van der Waals surface area contributed by atoms with Crippen molar-refractivity contribution in [1.29, 1.82) is 0 Å². The van der Waals surface area contributed by atoms with E-state index in [0.717, 1.165) is 22.5 Å². The first-order chi connectivity index (χ1) is 13.1. The minimum Gasteiger partial charge on any atom is -0.481 e. The van der Waals surface area contributed by atoms with Crippen LogP contribution in [0, 0.1) is 10.1 Å². The number of nitro benzene ring substituents is 1. The van der Waals surface area contributed by atoms with E-state index in [-0.39, 0.29) is 35.5 Å². The molecule has 0 amide bonds. The maximum Gasteiger partial charge on any atom is 0.335 e. The quantitative estimate of drug-likeness (QED) is 0.473. The molecule has 0 radical (unpaired) electrons. The lowest BCUT2D eigenvalue weighted by molar-refractivity contribution is -0.385. The van der Waals surface area contributed by atoms with Crippen LogP contribution in [0.4, 0.5) is 11.4 Å². The number of rotatable bonds is 9. The molecule has 0 aliphatic rings. The molecule has 0 bridgehead atoms. The van der Waals surface area contributed by atoms with E-state index in [1.807, 2.05) is 0 Å². The van der Waals surface area contributed by atoms with Crippen LogP contribution in [0.1, 0.15) is 23.2 Å². The van der Waals surface area contributed by atoms with Gasteiger partial charge in [0.05, 0.1) is 21.1 Å². The molecule has 0 atom stereocenters. The molecular weight excluding hydrogens is 392 g/mol. The molecule has 0 aliphatic carbocycles. The van der Waals surface area contributed by atoms with Gasteiger partial charge in [-0.2, -0.15) is 0 Å². The summed E-state index contributed by atoms with van der Waals surface area (Å²) < 4.78 is 27.0. The number of nitrogens with zero attached hydrogens (tertiary/aromatic N) is 2. The molecule has 28 heavy (non-hydrogen) atoms. The lowest BCUT2D eigenvalue weighted by atomic mass is 10.2. The van der Waals surface area contributed by atoms with Gasteiger partial charge < -0.3 is 10.2 Å². The number of hydrogen-bond donors (Lipinski definition) is 2. The molecule has 10 nitrogen and oxygen atoms in total. The summed E-state index contributed by atoms with van der Waals surface area (Å²) in [6.07, 6.45) is -0.347. The van der Waals surface area contributed by atoms with Gasteiger partial charge in [-0.25, -0.2) is 13.2 Å². The number of nitro groups is 1. The van der Waals surface area contributed by atoms with Gasteiger partial charge in [-0.05, 0) is 30.7 Å². The first-order valence-corrected chi connectivity index (χ1v) is 9.39. The summed E-state index contributed by atoms with van der Waals surface area (Å²) in [6.45, 7) is -0.250. The fraction of sp³-hybridized carbons (Fsp3) is 0.176. The van der Waals surface area contributed by atoms with Crippen LogP contribution in [0.3, 0.4) is 0 Å². The predicted molar refractivity (Wildman–Crippen MR) is 97.9 cm³/mol. The van der Waals surface area contributed by atoms with Crippen molar-refractivity contribution in [1.82, 2.24) is 0 Å². The molecule has 2 rings (SSSR count). The Hall–Kier alpha value is -3.47. The number of aromatic carboxylic acids is 1. The standard InChI is InChI=1S/C17H16N2O8S/c20-16(21)8-3-9-18(13-5-1-4-12(10-13)17(22)23)28(26,27)15-7-2-6-14(11-15)19(24)25/h1-2,4-7,10-11H,3,8-9H2,(H,20,21)(H,22,23). The number of non-ortho nitro benzene ring substituents is 1. The SMILES string of the molecule is O=C(O)CCCN(c1cccc(C(=O)O)c1)S(=O)(=O)c1cccc([N+](=O)[O-])c1. The van der Waals surface area contributed by atoms with Gasteiger partial charge in [0, 0.05) is 25.1 Å².